The predicted octanol–water partition coefficient (Wildman–Crippen LogP) is 2.67. The third-order valence-corrected chi connectivity index (χ3v) is 6.43. The number of fused-ring (bicyclic) bond motifs is 2. The Kier molecular flexibility index (Phi) is 4.75. The molecule has 0 unspecified atom stereocenters. The summed E-state index contributed by atoms with van der Waals surface area (Å²) in [6.07, 6.45) is 4.36. The van der Waals surface area contributed by atoms with Gasteiger partial charge in [0.25, 0.3) is 0 Å². The molecule has 1 N–H and O–H groups in total. The van der Waals surface area contributed by atoms with Crippen molar-refractivity contribution in [2.45, 2.75) is 25.7 Å². The van der Waals surface area contributed by atoms with E-state index >= 15 is 0 Å². The molecule has 2 aliphatic heterocycles. The van der Waals surface area contributed by atoms with E-state index in [1.54, 1.807) is 21.1 Å². The maximum Gasteiger partial charge on any atom is 0.325 e. The number of nitrogens with zero attached hydrogens (tertiary/aromatic N) is 3. The maximum atomic E-state index is 12.8. The maximum absolute atomic E-state index is 12.8. The topological polar surface area (TPSA) is 84.0 Å². The number of anilines is 2. The fourth-order valence-electron chi connectivity index (χ4n) is 3.91. The van der Waals surface area contributed by atoms with Gasteiger partial charge in [0.1, 0.15) is 19.8 Å². The van der Waals surface area contributed by atoms with Crippen molar-refractivity contribution in [3.05, 3.63) is 28.8 Å². The van der Waals surface area contributed by atoms with Gasteiger partial charge in [-0.3, -0.25) is 9.69 Å². The van der Waals surface area contributed by atoms with Crippen LogP contribution in [0.2, 0.25) is 0 Å². The van der Waals surface area contributed by atoms with E-state index in [0.29, 0.717) is 42.9 Å². The average molecular weight is 414 g/mol. The zero-order valence-corrected chi connectivity index (χ0v) is 16.8. The van der Waals surface area contributed by atoms with Crippen molar-refractivity contribution in [2.75, 3.05) is 43.1 Å². The van der Waals surface area contributed by atoms with Crippen molar-refractivity contribution in [1.29, 1.82) is 0 Å². The number of hydrogen-bond acceptors (Lipinski definition) is 6. The molecule has 1 fully saturated rings. The first-order valence-electron chi connectivity index (χ1n) is 9.92. The summed E-state index contributed by atoms with van der Waals surface area (Å²) >= 11 is 1.55. The van der Waals surface area contributed by atoms with E-state index in [9.17, 15) is 9.59 Å². The number of ether oxygens (including phenoxy) is 2. The summed E-state index contributed by atoms with van der Waals surface area (Å²) in [4.78, 5) is 34.3. The molecular weight excluding hydrogens is 392 g/mol. The van der Waals surface area contributed by atoms with Gasteiger partial charge in [-0.1, -0.05) is 0 Å². The van der Waals surface area contributed by atoms with Gasteiger partial charge in [-0.05, 0) is 37.8 Å². The van der Waals surface area contributed by atoms with Gasteiger partial charge < -0.3 is 19.7 Å². The fraction of sp³-hybridized carbons (Fsp3) is 0.450. The van der Waals surface area contributed by atoms with Gasteiger partial charge in [0, 0.05) is 29.7 Å². The van der Waals surface area contributed by atoms with Crippen LogP contribution in [0.5, 0.6) is 11.5 Å². The van der Waals surface area contributed by atoms with Crippen molar-refractivity contribution in [3.8, 4) is 11.5 Å². The lowest BCUT2D eigenvalue weighted by Gasteiger charge is -2.22. The normalized spacial score (nSPS) is 18.0. The summed E-state index contributed by atoms with van der Waals surface area (Å²) in [5.74, 6) is 1.12. The van der Waals surface area contributed by atoms with Gasteiger partial charge >= 0.3 is 6.03 Å². The van der Waals surface area contributed by atoms with Gasteiger partial charge in [0.15, 0.2) is 16.6 Å². The Bertz CT molecular complexity index is 936. The first kappa shape index (κ1) is 18.2. The van der Waals surface area contributed by atoms with Crippen LogP contribution in [0.1, 0.15) is 23.4 Å². The van der Waals surface area contributed by atoms with Crippen LogP contribution in [0.25, 0.3) is 0 Å². The van der Waals surface area contributed by atoms with Crippen LogP contribution in [0.15, 0.2) is 18.2 Å². The number of aromatic nitrogens is 1. The number of carbonyl (C=O) groups is 2. The standard InChI is InChI=1S/C20H22N4O4S/c25-18(22-19-21-14-3-1-2-4-17(14)29-19)12-23-7-8-24(20(23)26)13-5-6-15-16(11-13)28-10-9-27-15/h5-6,11H,1-4,7-10,12H2,(H,21,22,25). The number of rotatable bonds is 4. The minimum absolute atomic E-state index is 0.0180. The largest absolute Gasteiger partial charge is 0.486 e. The predicted molar refractivity (Wildman–Crippen MR) is 109 cm³/mol. The highest BCUT2D eigenvalue weighted by Gasteiger charge is 2.32. The van der Waals surface area contributed by atoms with Crippen LogP contribution in [0.4, 0.5) is 15.6 Å². The van der Waals surface area contributed by atoms with Gasteiger partial charge in [0.2, 0.25) is 5.91 Å². The Balaban J connectivity index is 1.22. The third kappa shape index (κ3) is 3.62. The molecule has 152 valence electrons. The number of benzene rings is 1. The van der Waals surface area contributed by atoms with E-state index in [1.165, 1.54) is 11.3 Å². The Labute approximate surface area is 172 Å². The summed E-state index contributed by atoms with van der Waals surface area (Å²) in [5.41, 5.74) is 1.85. The van der Waals surface area contributed by atoms with Crippen LogP contribution in [0, 0.1) is 0 Å². The number of carbonyl (C=O) groups excluding carboxylic acids is 2. The third-order valence-electron chi connectivity index (χ3n) is 5.36. The van der Waals surface area contributed by atoms with Gasteiger partial charge in [-0.2, -0.15) is 0 Å². The summed E-state index contributed by atoms with van der Waals surface area (Å²) in [6, 6.07) is 5.29. The average Bonchev–Trinajstić information content (AvgIpc) is 3.30. The second-order valence-corrected chi connectivity index (χ2v) is 8.41. The summed E-state index contributed by atoms with van der Waals surface area (Å²) in [6.45, 7) is 2.06. The summed E-state index contributed by atoms with van der Waals surface area (Å²) in [5, 5.41) is 3.50. The monoisotopic (exact) mass is 414 g/mol. The van der Waals surface area contributed by atoms with Gasteiger partial charge in [0.05, 0.1) is 5.69 Å². The van der Waals surface area contributed by atoms with Gasteiger partial charge in [-0.15, -0.1) is 11.3 Å². The zero-order chi connectivity index (χ0) is 19.8. The smallest absolute Gasteiger partial charge is 0.325 e. The van der Waals surface area contributed by atoms with Crippen LogP contribution in [-0.2, 0) is 17.6 Å². The first-order chi connectivity index (χ1) is 14.2. The number of hydrogen-bond donors (Lipinski definition) is 1. The molecule has 3 aliphatic rings. The fourth-order valence-corrected chi connectivity index (χ4v) is 4.97. The number of thiazole rings is 1. The Morgan fingerprint density at radius 3 is 2.83 bits per heavy atom. The SMILES string of the molecule is O=C(CN1CCN(c2ccc3c(c2)OCCO3)C1=O)Nc1nc2c(s1)CCCC2. The minimum atomic E-state index is -0.214. The molecule has 29 heavy (non-hydrogen) atoms. The lowest BCUT2D eigenvalue weighted by Crippen LogP contribution is -2.37. The molecule has 9 heteroatoms. The van der Waals surface area contributed by atoms with Crippen LogP contribution < -0.4 is 19.7 Å². The van der Waals surface area contributed by atoms with E-state index in [0.717, 1.165) is 30.6 Å². The van der Waals surface area contributed by atoms with Crippen LogP contribution in [-0.4, -0.2) is 54.7 Å². The van der Waals surface area contributed by atoms with Crippen molar-refractivity contribution < 1.29 is 19.1 Å². The van der Waals surface area contributed by atoms with E-state index in [4.69, 9.17) is 9.47 Å². The molecule has 5 rings (SSSR count). The molecule has 2 aromatic rings. The lowest BCUT2D eigenvalue weighted by molar-refractivity contribution is -0.116. The highest BCUT2D eigenvalue weighted by molar-refractivity contribution is 7.15. The molecule has 0 atom stereocenters. The quantitative estimate of drug-likeness (QED) is 0.832. The summed E-state index contributed by atoms with van der Waals surface area (Å²) in [7, 11) is 0. The molecule has 1 aromatic carbocycles. The molecule has 1 saturated heterocycles. The molecule has 1 aliphatic carbocycles. The van der Waals surface area contributed by atoms with E-state index in [2.05, 4.69) is 10.3 Å². The van der Waals surface area contributed by atoms with E-state index in [-0.39, 0.29) is 18.5 Å². The molecule has 3 amide bonds. The number of amides is 3. The van der Waals surface area contributed by atoms with Gasteiger partial charge in [-0.25, -0.2) is 9.78 Å². The van der Waals surface area contributed by atoms with Crippen molar-refractivity contribution in [3.63, 3.8) is 0 Å². The highest BCUT2D eigenvalue weighted by Crippen LogP contribution is 2.35. The molecule has 8 nitrogen and oxygen atoms in total. The Morgan fingerprint density at radius 2 is 1.97 bits per heavy atom. The molecule has 0 spiro atoms. The van der Waals surface area contributed by atoms with Crippen molar-refractivity contribution in [1.82, 2.24) is 9.88 Å². The molecular formula is C20H22N4O4S. The van der Waals surface area contributed by atoms with Crippen LogP contribution in [0.3, 0.4) is 0 Å². The molecule has 0 bridgehead atoms. The Hall–Kier alpha value is -2.81. The Morgan fingerprint density at radius 1 is 1.14 bits per heavy atom. The van der Waals surface area contributed by atoms with E-state index < -0.39 is 0 Å². The second kappa shape index (κ2) is 7.55. The molecule has 0 saturated carbocycles. The number of urea groups is 1. The lowest BCUT2D eigenvalue weighted by atomic mass is 10.0. The van der Waals surface area contributed by atoms with Crippen molar-refractivity contribution in [2.24, 2.45) is 0 Å². The summed E-state index contributed by atoms with van der Waals surface area (Å²) < 4.78 is 11.1. The van der Waals surface area contributed by atoms with E-state index in [1.807, 2.05) is 18.2 Å². The van der Waals surface area contributed by atoms with Crippen LogP contribution >= 0.6 is 11.3 Å². The molecule has 1 aromatic heterocycles. The number of aryl methyl sites for hydroxylation is 2. The highest BCUT2D eigenvalue weighted by atomic mass is 32.1. The van der Waals surface area contributed by atoms with Crippen molar-refractivity contribution >= 4 is 34.1 Å². The first-order valence-corrected chi connectivity index (χ1v) is 10.7. The molecule has 3 heterocycles. The molecule has 0 radical (unpaired) electrons. The minimum Gasteiger partial charge on any atom is -0.486 e. The second-order valence-electron chi connectivity index (χ2n) is 7.33. The zero-order valence-electron chi connectivity index (χ0n) is 16.0. The number of nitrogens with one attached hydrogen (secondary N) is 1.